The zero-order valence-corrected chi connectivity index (χ0v) is 17.9. The molecule has 0 atom stereocenters. The highest BCUT2D eigenvalue weighted by atomic mass is 19.4. The molecule has 186 valence electrons. The van der Waals surface area contributed by atoms with Crippen LogP contribution >= 0.6 is 0 Å². The first-order valence-electron chi connectivity index (χ1n) is 10.1. The molecule has 4 aromatic rings. The normalized spacial score (nSPS) is 11.9. The summed E-state index contributed by atoms with van der Waals surface area (Å²) in [6.07, 6.45) is -9.40. The predicted molar refractivity (Wildman–Crippen MR) is 113 cm³/mol. The SMILES string of the molecule is O=C(O)c1cc(-c2cccc(C(F)(F)F)c2)c(OCc2nnn[nH]2)c(-c2cccc(C(F)(F)F)c2)c1. The lowest BCUT2D eigenvalue weighted by atomic mass is 9.93. The van der Waals surface area contributed by atoms with Crippen LogP contribution < -0.4 is 4.74 Å². The fraction of sp³-hybridized carbons (Fsp3) is 0.130. The number of tetrazole rings is 1. The smallest absolute Gasteiger partial charge is 0.416 e. The van der Waals surface area contributed by atoms with Crippen LogP contribution in [0, 0.1) is 0 Å². The van der Waals surface area contributed by atoms with E-state index in [1.54, 1.807) is 0 Å². The van der Waals surface area contributed by atoms with Gasteiger partial charge >= 0.3 is 18.3 Å². The number of H-pyrrole nitrogens is 1. The molecule has 1 heterocycles. The maximum atomic E-state index is 13.4. The molecule has 2 N–H and O–H groups in total. The third-order valence-electron chi connectivity index (χ3n) is 5.08. The second-order valence-corrected chi connectivity index (χ2v) is 7.50. The fourth-order valence-electron chi connectivity index (χ4n) is 3.44. The molecule has 0 amide bonds. The molecular formula is C23H14F6N4O3. The summed E-state index contributed by atoms with van der Waals surface area (Å²) in [5, 5.41) is 22.5. The van der Waals surface area contributed by atoms with Gasteiger partial charge in [-0.1, -0.05) is 24.3 Å². The molecular weight excluding hydrogens is 494 g/mol. The van der Waals surface area contributed by atoms with Crippen LogP contribution in [0.4, 0.5) is 26.3 Å². The van der Waals surface area contributed by atoms with Crippen molar-refractivity contribution in [2.24, 2.45) is 0 Å². The molecule has 0 aliphatic carbocycles. The van der Waals surface area contributed by atoms with E-state index in [2.05, 4.69) is 20.6 Å². The van der Waals surface area contributed by atoms with Gasteiger partial charge in [0.05, 0.1) is 16.7 Å². The van der Waals surface area contributed by atoms with Gasteiger partial charge in [-0.15, -0.1) is 5.10 Å². The Bertz CT molecular complexity index is 1320. The van der Waals surface area contributed by atoms with Crippen molar-refractivity contribution in [3.63, 3.8) is 0 Å². The molecule has 4 rings (SSSR count). The van der Waals surface area contributed by atoms with Crippen LogP contribution in [0.1, 0.15) is 27.3 Å². The summed E-state index contributed by atoms with van der Waals surface area (Å²) in [4.78, 5) is 11.8. The van der Waals surface area contributed by atoms with E-state index < -0.39 is 29.4 Å². The van der Waals surface area contributed by atoms with E-state index in [0.717, 1.165) is 48.5 Å². The number of aromatic amines is 1. The second kappa shape index (κ2) is 9.32. The Hall–Kier alpha value is -4.42. The average molecular weight is 508 g/mol. The highest BCUT2D eigenvalue weighted by molar-refractivity contribution is 5.95. The minimum absolute atomic E-state index is 0.0631. The summed E-state index contributed by atoms with van der Waals surface area (Å²) in [5.41, 5.74) is -2.68. The number of carboxylic acids is 1. The first-order valence-corrected chi connectivity index (χ1v) is 10.1. The lowest BCUT2D eigenvalue weighted by Gasteiger charge is -2.19. The molecule has 0 aliphatic rings. The van der Waals surface area contributed by atoms with Gasteiger partial charge in [0.1, 0.15) is 12.4 Å². The topological polar surface area (TPSA) is 101 Å². The maximum Gasteiger partial charge on any atom is 0.416 e. The van der Waals surface area contributed by atoms with E-state index in [4.69, 9.17) is 4.74 Å². The Kier molecular flexibility index (Phi) is 6.39. The van der Waals surface area contributed by atoms with Crippen LogP contribution in [0.5, 0.6) is 5.75 Å². The molecule has 0 saturated heterocycles. The predicted octanol–water partition coefficient (Wildman–Crippen LogP) is 5.85. The first-order chi connectivity index (χ1) is 16.9. The number of benzene rings is 3. The van der Waals surface area contributed by atoms with Crippen molar-refractivity contribution in [2.75, 3.05) is 0 Å². The number of halogens is 6. The number of nitrogens with zero attached hydrogens (tertiary/aromatic N) is 3. The van der Waals surface area contributed by atoms with E-state index in [9.17, 15) is 36.2 Å². The third-order valence-corrected chi connectivity index (χ3v) is 5.08. The summed E-state index contributed by atoms with van der Waals surface area (Å²) in [7, 11) is 0. The van der Waals surface area contributed by atoms with Gasteiger partial charge in [0.15, 0.2) is 5.82 Å². The number of hydrogen-bond acceptors (Lipinski definition) is 5. The number of ether oxygens (including phenoxy) is 1. The minimum Gasteiger partial charge on any atom is -0.484 e. The van der Waals surface area contributed by atoms with Gasteiger partial charge in [0.2, 0.25) is 0 Å². The molecule has 0 saturated carbocycles. The summed E-state index contributed by atoms with van der Waals surface area (Å²) < 4.78 is 86.0. The molecule has 36 heavy (non-hydrogen) atoms. The Labute approximate surface area is 198 Å². The Morgan fingerprint density at radius 1 is 0.861 bits per heavy atom. The van der Waals surface area contributed by atoms with Crippen molar-refractivity contribution >= 4 is 5.97 Å². The van der Waals surface area contributed by atoms with E-state index in [1.165, 1.54) is 12.1 Å². The fourth-order valence-corrected chi connectivity index (χ4v) is 3.44. The van der Waals surface area contributed by atoms with E-state index in [0.29, 0.717) is 0 Å². The van der Waals surface area contributed by atoms with Gasteiger partial charge in [-0.2, -0.15) is 26.3 Å². The van der Waals surface area contributed by atoms with Crippen molar-refractivity contribution in [2.45, 2.75) is 19.0 Å². The van der Waals surface area contributed by atoms with E-state index >= 15 is 0 Å². The highest BCUT2D eigenvalue weighted by Crippen LogP contribution is 2.43. The summed E-state index contributed by atoms with van der Waals surface area (Å²) >= 11 is 0. The second-order valence-electron chi connectivity index (χ2n) is 7.50. The van der Waals surface area contributed by atoms with Crippen LogP contribution in [0.25, 0.3) is 22.3 Å². The quantitative estimate of drug-likeness (QED) is 0.317. The van der Waals surface area contributed by atoms with Crippen LogP contribution in [0.15, 0.2) is 60.7 Å². The Morgan fingerprint density at radius 2 is 1.39 bits per heavy atom. The molecule has 0 spiro atoms. The van der Waals surface area contributed by atoms with Gasteiger partial charge < -0.3 is 9.84 Å². The number of carboxylic acid groups (broad SMARTS) is 1. The lowest BCUT2D eigenvalue weighted by molar-refractivity contribution is -0.138. The molecule has 3 aromatic carbocycles. The van der Waals surface area contributed by atoms with E-state index in [1.807, 2.05) is 0 Å². The van der Waals surface area contributed by atoms with Crippen molar-refractivity contribution in [1.29, 1.82) is 0 Å². The standard InChI is InChI=1S/C23H14F6N4O3/c24-22(25,26)15-5-1-3-12(7-15)17-9-14(21(34)35)10-18(20(17)36-11-19-30-32-33-31-19)13-4-2-6-16(8-13)23(27,28)29/h1-10H,11H2,(H,34,35)(H,30,31,32,33). The number of hydrogen-bond donors (Lipinski definition) is 2. The van der Waals surface area contributed by atoms with Crippen molar-refractivity contribution < 1.29 is 41.0 Å². The van der Waals surface area contributed by atoms with Crippen molar-refractivity contribution in [3.05, 3.63) is 83.2 Å². The van der Waals surface area contributed by atoms with Crippen LogP contribution in [-0.4, -0.2) is 31.7 Å². The molecule has 1 aromatic heterocycles. The number of aromatic nitrogens is 4. The molecule has 0 aliphatic heterocycles. The van der Waals surface area contributed by atoms with Crippen LogP contribution in [0.3, 0.4) is 0 Å². The number of nitrogens with one attached hydrogen (secondary N) is 1. The largest absolute Gasteiger partial charge is 0.484 e. The third kappa shape index (κ3) is 5.29. The number of rotatable bonds is 6. The van der Waals surface area contributed by atoms with Crippen molar-refractivity contribution in [1.82, 2.24) is 20.6 Å². The van der Waals surface area contributed by atoms with Gasteiger partial charge in [0.25, 0.3) is 0 Å². The van der Waals surface area contributed by atoms with Crippen molar-refractivity contribution in [3.8, 4) is 28.0 Å². The molecule has 0 bridgehead atoms. The van der Waals surface area contributed by atoms with Crippen LogP contribution in [0.2, 0.25) is 0 Å². The number of aromatic carboxylic acids is 1. The number of alkyl halides is 6. The zero-order chi connectivity index (χ0) is 26.1. The molecule has 0 fully saturated rings. The Balaban J connectivity index is 1.98. The molecule has 7 nitrogen and oxygen atoms in total. The summed E-state index contributed by atoms with van der Waals surface area (Å²) in [6.45, 7) is -0.336. The van der Waals surface area contributed by atoms with Gasteiger partial charge in [-0.25, -0.2) is 9.89 Å². The monoisotopic (exact) mass is 508 g/mol. The Morgan fingerprint density at radius 3 is 1.81 bits per heavy atom. The van der Waals surface area contributed by atoms with Gasteiger partial charge in [-0.05, 0) is 58.0 Å². The van der Waals surface area contributed by atoms with Crippen LogP contribution in [-0.2, 0) is 19.0 Å². The van der Waals surface area contributed by atoms with Gasteiger partial charge in [-0.3, -0.25) is 0 Å². The average Bonchev–Trinajstić information content (AvgIpc) is 3.35. The maximum absolute atomic E-state index is 13.4. The summed E-state index contributed by atoms with van der Waals surface area (Å²) in [6, 6.07) is 10.3. The first kappa shape index (κ1) is 24.7. The number of carbonyl (C=O) groups is 1. The van der Waals surface area contributed by atoms with E-state index in [-0.39, 0.29) is 46.0 Å². The zero-order valence-electron chi connectivity index (χ0n) is 17.9. The highest BCUT2D eigenvalue weighted by Gasteiger charge is 2.32. The minimum atomic E-state index is -4.70. The molecule has 0 radical (unpaired) electrons. The lowest BCUT2D eigenvalue weighted by Crippen LogP contribution is -2.07. The summed E-state index contributed by atoms with van der Waals surface area (Å²) in [5.74, 6) is -1.49. The molecule has 0 unspecified atom stereocenters. The van der Waals surface area contributed by atoms with Gasteiger partial charge in [0, 0.05) is 11.1 Å². The molecule has 13 heteroatoms.